The first-order chi connectivity index (χ1) is 8.24. The Balaban J connectivity index is 2.43. The second kappa shape index (κ2) is 5.48. The summed E-state index contributed by atoms with van der Waals surface area (Å²) in [6.07, 6.45) is 2.89. The molecule has 0 spiro atoms. The molecule has 2 aromatic rings. The first-order valence-corrected chi connectivity index (χ1v) is 6.51. The Hall–Kier alpha value is -1.12. The van der Waals surface area contributed by atoms with Crippen LogP contribution in [-0.2, 0) is 0 Å². The predicted octanol–water partition coefficient (Wildman–Crippen LogP) is 4.44. The lowest BCUT2D eigenvalue weighted by atomic mass is 10.00. The molecule has 0 aliphatic rings. The molecular formula is C15H16BrN. The van der Waals surface area contributed by atoms with E-state index < -0.39 is 0 Å². The van der Waals surface area contributed by atoms with E-state index >= 15 is 0 Å². The number of rotatable bonds is 4. The zero-order chi connectivity index (χ0) is 12.3. The molecule has 88 valence electrons. The smallest absolute Gasteiger partial charge is 0.0352 e. The van der Waals surface area contributed by atoms with E-state index in [1.807, 2.05) is 13.1 Å². The van der Waals surface area contributed by atoms with Gasteiger partial charge in [0.15, 0.2) is 0 Å². The molecule has 0 aromatic heterocycles. The highest BCUT2D eigenvalue weighted by Gasteiger charge is 2.07. The van der Waals surface area contributed by atoms with Gasteiger partial charge in [-0.3, -0.25) is 0 Å². The number of hydrogen-bond donors (Lipinski definition) is 1. The zero-order valence-corrected chi connectivity index (χ0v) is 11.5. The van der Waals surface area contributed by atoms with Gasteiger partial charge >= 0.3 is 0 Å². The standard InChI is InChI=1S/C15H16BrN/c1-3-4-15(17-2)13-6-5-12-10-14(16)8-7-11(12)9-13/h3,5-10,15,17H,1,4H2,2H3. The van der Waals surface area contributed by atoms with Crippen LogP contribution in [0.25, 0.3) is 10.8 Å². The molecule has 2 aromatic carbocycles. The van der Waals surface area contributed by atoms with Crippen molar-refractivity contribution in [3.05, 3.63) is 59.1 Å². The summed E-state index contributed by atoms with van der Waals surface area (Å²) in [5, 5.41) is 5.85. The minimum atomic E-state index is 0.348. The molecule has 0 saturated carbocycles. The number of fused-ring (bicyclic) bond motifs is 1. The van der Waals surface area contributed by atoms with E-state index in [1.54, 1.807) is 0 Å². The molecule has 1 N–H and O–H groups in total. The fraction of sp³-hybridized carbons (Fsp3) is 0.200. The van der Waals surface area contributed by atoms with Crippen LogP contribution in [0.3, 0.4) is 0 Å². The maximum absolute atomic E-state index is 3.80. The molecule has 0 bridgehead atoms. The second-order valence-electron chi connectivity index (χ2n) is 4.12. The van der Waals surface area contributed by atoms with Gasteiger partial charge in [0.05, 0.1) is 0 Å². The Kier molecular flexibility index (Phi) is 3.97. The van der Waals surface area contributed by atoms with Gasteiger partial charge in [-0.25, -0.2) is 0 Å². The molecule has 2 rings (SSSR count). The number of benzene rings is 2. The molecule has 0 saturated heterocycles. The van der Waals surface area contributed by atoms with E-state index in [-0.39, 0.29) is 0 Å². The van der Waals surface area contributed by atoms with Crippen LogP contribution >= 0.6 is 15.9 Å². The van der Waals surface area contributed by atoms with Gasteiger partial charge in [-0.1, -0.05) is 40.2 Å². The quantitative estimate of drug-likeness (QED) is 0.821. The van der Waals surface area contributed by atoms with Crippen LogP contribution in [0.1, 0.15) is 18.0 Å². The summed E-state index contributed by atoms with van der Waals surface area (Å²) in [6, 6.07) is 13.3. The van der Waals surface area contributed by atoms with Gasteiger partial charge in [0, 0.05) is 10.5 Å². The predicted molar refractivity (Wildman–Crippen MR) is 78.3 cm³/mol. The Bertz CT molecular complexity index is 533. The molecule has 0 aliphatic carbocycles. The van der Waals surface area contributed by atoms with Gasteiger partial charge in [0.1, 0.15) is 0 Å². The highest BCUT2D eigenvalue weighted by Crippen LogP contribution is 2.24. The summed E-state index contributed by atoms with van der Waals surface area (Å²) in [5.41, 5.74) is 1.31. The summed E-state index contributed by atoms with van der Waals surface area (Å²) >= 11 is 3.49. The largest absolute Gasteiger partial charge is 0.313 e. The molecule has 0 amide bonds. The average Bonchev–Trinajstić information content (AvgIpc) is 2.35. The summed E-state index contributed by atoms with van der Waals surface area (Å²) in [4.78, 5) is 0. The first-order valence-electron chi connectivity index (χ1n) is 5.72. The fourth-order valence-corrected chi connectivity index (χ4v) is 2.42. The third kappa shape index (κ3) is 2.76. The van der Waals surface area contributed by atoms with Crippen molar-refractivity contribution in [1.29, 1.82) is 0 Å². The molecule has 2 heteroatoms. The molecule has 0 aliphatic heterocycles. The monoisotopic (exact) mass is 289 g/mol. The summed E-state index contributed by atoms with van der Waals surface area (Å²) in [7, 11) is 1.99. The molecule has 17 heavy (non-hydrogen) atoms. The van der Waals surface area contributed by atoms with Crippen molar-refractivity contribution in [2.75, 3.05) is 7.05 Å². The molecule has 1 atom stereocenters. The average molecular weight is 290 g/mol. The van der Waals surface area contributed by atoms with Gasteiger partial charge in [-0.2, -0.15) is 0 Å². The summed E-state index contributed by atoms with van der Waals surface area (Å²) in [5.74, 6) is 0. The number of halogens is 1. The number of nitrogens with one attached hydrogen (secondary N) is 1. The van der Waals surface area contributed by atoms with Crippen LogP contribution in [0.2, 0.25) is 0 Å². The number of hydrogen-bond acceptors (Lipinski definition) is 1. The van der Waals surface area contributed by atoms with Gasteiger partial charge in [-0.05, 0) is 48.0 Å². The van der Waals surface area contributed by atoms with Crippen molar-refractivity contribution in [2.24, 2.45) is 0 Å². The van der Waals surface area contributed by atoms with Crippen LogP contribution in [-0.4, -0.2) is 7.05 Å². The van der Waals surface area contributed by atoms with E-state index in [9.17, 15) is 0 Å². The topological polar surface area (TPSA) is 12.0 Å². The lowest BCUT2D eigenvalue weighted by Crippen LogP contribution is -2.15. The van der Waals surface area contributed by atoms with E-state index in [1.165, 1.54) is 16.3 Å². The minimum Gasteiger partial charge on any atom is -0.313 e. The van der Waals surface area contributed by atoms with E-state index in [4.69, 9.17) is 0 Å². The molecular weight excluding hydrogens is 274 g/mol. The van der Waals surface area contributed by atoms with Crippen molar-refractivity contribution in [1.82, 2.24) is 5.32 Å². The molecule has 1 nitrogen and oxygen atoms in total. The maximum Gasteiger partial charge on any atom is 0.0352 e. The van der Waals surface area contributed by atoms with E-state index in [0.717, 1.165) is 10.9 Å². The van der Waals surface area contributed by atoms with Gasteiger partial charge in [0.25, 0.3) is 0 Å². The van der Waals surface area contributed by atoms with E-state index in [0.29, 0.717) is 6.04 Å². The Labute approximate surface area is 111 Å². The highest BCUT2D eigenvalue weighted by atomic mass is 79.9. The van der Waals surface area contributed by atoms with Crippen LogP contribution in [0, 0.1) is 0 Å². The second-order valence-corrected chi connectivity index (χ2v) is 5.03. The normalized spacial score (nSPS) is 12.6. The van der Waals surface area contributed by atoms with Gasteiger partial charge in [-0.15, -0.1) is 6.58 Å². The van der Waals surface area contributed by atoms with Crippen LogP contribution < -0.4 is 5.32 Å². The van der Waals surface area contributed by atoms with Crippen LogP contribution in [0.4, 0.5) is 0 Å². The minimum absolute atomic E-state index is 0.348. The van der Waals surface area contributed by atoms with Crippen LogP contribution in [0.15, 0.2) is 53.5 Å². The third-order valence-corrected chi connectivity index (χ3v) is 3.47. The zero-order valence-electron chi connectivity index (χ0n) is 9.91. The summed E-state index contributed by atoms with van der Waals surface area (Å²) in [6.45, 7) is 3.80. The van der Waals surface area contributed by atoms with Crippen molar-refractivity contribution in [2.45, 2.75) is 12.5 Å². The Morgan fingerprint density at radius 3 is 2.65 bits per heavy atom. The highest BCUT2D eigenvalue weighted by molar-refractivity contribution is 9.10. The lowest BCUT2D eigenvalue weighted by Gasteiger charge is -2.15. The van der Waals surface area contributed by atoms with Crippen molar-refractivity contribution in [3.8, 4) is 0 Å². The third-order valence-electron chi connectivity index (χ3n) is 2.98. The molecule has 0 radical (unpaired) electrons. The van der Waals surface area contributed by atoms with Gasteiger partial charge in [0.2, 0.25) is 0 Å². The first kappa shape index (κ1) is 12.3. The molecule has 0 fully saturated rings. The SMILES string of the molecule is C=CCC(NC)c1ccc2cc(Br)ccc2c1. The Morgan fingerprint density at radius 1 is 1.24 bits per heavy atom. The van der Waals surface area contributed by atoms with Gasteiger partial charge < -0.3 is 5.32 Å². The fourth-order valence-electron chi connectivity index (χ4n) is 2.04. The summed E-state index contributed by atoms with van der Waals surface area (Å²) < 4.78 is 1.12. The van der Waals surface area contributed by atoms with Crippen molar-refractivity contribution >= 4 is 26.7 Å². The van der Waals surface area contributed by atoms with Crippen molar-refractivity contribution < 1.29 is 0 Å². The molecule has 0 heterocycles. The molecule has 1 unspecified atom stereocenters. The van der Waals surface area contributed by atoms with Crippen molar-refractivity contribution in [3.63, 3.8) is 0 Å². The van der Waals surface area contributed by atoms with E-state index in [2.05, 4.69) is 64.2 Å². The lowest BCUT2D eigenvalue weighted by molar-refractivity contribution is 0.604. The van der Waals surface area contributed by atoms with Crippen LogP contribution in [0.5, 0.6) is 0 Å². The maximum atomic E-state index is 3.80. The Morgan fingerprint density at radius 2 is 1.94 bits per heavy atom.